The van der Waals surface area contributed by atoms with E-state index in [0.29, 0.717) is 16.5 Å². The number of rotatable bonds is 3. The number of nitrogens with two attached hydrogens (primary N) is 1. The topological polar surface area (TPSA) is 60.2 Å². The minimum Gasteiger partial charge on any atom is -0.225 e. The minimum absolute atomic E-state index is 0.0346. The monoisotopic (exact) mass is 343 g/mol. The summed E-state index contributed by atoms with van der Waals surface area (Å²) in [5, 5.41) is 6.03. The van der Waals surface area contributed by atoms with Crippen LogP contribution >= 0.6 is 0 Å². The highest BCUT2D eigenvalue weighted by Gasteiger charge is 2.23. The Morgan fingerprint density at radius 2 is 1.50 bits per heavy atom. The van der Waals surface area contributed by atoms with Crippen molar-refractivity contribution in [3.05, 3.63) is 66.0 Å². The molecule has 3 rings (SSSR count). The van der Waals surface area contributed by atoms with Crippen LogP contribution in [0.5, 0.6) is 0 Å². The molecule has 0 amide bonds. The molecule has 0 aliphatic rings. The first-order valence-corrected chi connectivity index (χ1v) is 9.18. The average Bonchev–Trinajstić information content (AvgIpc) is 2.53. The average molecular weight is 343 g/mol. The molecule has 0 aliphatic heterocycles. The Morgan fingerprint density at radius 1 is 0.917 bits per heavy atom. The Hall–Kier alpha value is -2.24. The molecule has 0 bridgehead atoms. The van der Waals surface area contributed by atoms with Crippen LogP contribution in [0.1, 0.15) is 25.3 Å². The minimum atomic E-state index is -4.03. The zero-order chi connectivity index (χ0) is 17.5. The number of hydrogen-bond acceptors (Lipinski definition) is 2. The van der Waals surface area contributed by atoms with Crippen molar-refractivity contribution < 1.29 is 12.8 Å². The molecule has 0 unspecified atom stereocenters. The SMILES string of the molecule is CC(C)c1ccccc1-c1cc(F)c2ccccc2c1S(N)(=O)=O. The van der Waals surface area contributed by atoms with E-state index in [9.17, 15) is 12.8 Å². The van der Waals surface area contributed by atoms with E-state index in [1.807, 2.05) is 26.0 Å². The molecule has 2 N–H and O–H groups in total. The summed E-state index contributed by atoms with van der Waals surface area (Å²) >= 11 is 0. The largest absolute Gasteiger partial charge is 0.239 e. The van der Waals surface area contributed by atoms with E-state index in [4.69, 9.17) is 5.14 Å². The van der Waals surface area contributed by atoms with Gasteiger partial charge in [-0.15, -0.1) is 0 Å². The maximum atomic E-state index is 14.6. The highest BCUT2D eigenvalue weighted by atomic mass is 32.2. The second kappa shape index (κ2) is 6.00. The van der Waals surface area contributed by atoms with Crippen LogP contribution in [-0.2, 0) is 10.0 Å². The fourth-order valence-electron chi connectivity index (χ4n) is 3.06. The maximum absolute atomic E-state index is 14.6. The highest BCUT2D eigenvalue weighted by Crippen LogP contribution is 2.38. The third-order valence-electron chi connectivity index (χ3n) is 4.10. The van der Waals surface area contributed by atoms with Crippen molar-refractivity contribution in [3.8, 4) is 11.1 Å². The summed E-state index contributed by atoms with van der Waals surface area (Å²) in [6, 6.07) is 15.1. The van der Waals surface area contributed by atoms with Crippen LogP contribution in [0.25, 0.3) is 21.9 Å². The van der Waals surface area contributed by atoms with Gasteiger partial charge in [0.15, 0.2) is 0 Å². The predicted octanol–water partition coefficient (Wildman–Crippen LogP) is 4.42. The molecule has 0 fully saturated rings. The summed E-state index contributed by atoms with van der Waals surface area (Å²) in [7, 11) is -4.03. The lowest BCUT2D eigenvalue weighted by Gasteiger charge is -2.17. The van der Waals surface area contributed by atoms with Gasteiger partial charge in [0.25, 0.3) is 0 Å². The molecule has 3 nitrogen and oxygen atoms in total. The third-order valence-corrected chi connectivity index (χ3v) is 5.11. The molecular weight excluding hydrogens is 325 g/mol. The van der Waals surface area contributed by atoms with E-state index in [1.165, 1.54) is 6.07 Å². The van der Waals surface area contributed by atoms with Crippen molar-refractivity contribution in [2.75, 3.05) is 0 Å². The Morgan fingerprint density at radius 3 is 2.12 bits per heavy atom. The van der Waals surface area contributed by atoms with Gasteiger partial charge in [-0.2, -0.15) is 0 Å². The van der Waals surface area contributed by atoms with Crippen LogP contribution in [-0.4, -0.2) is 8.42 Å². The van der Waals surface area contributed by atoms with Crippen molar-refractivity contribution in [2.24, 2.45) is 5.14 Å². The van der Waals surface area contributed by atoms with Gasteiger partial charge in [-0.1, -0.05) is 62.4 Å². The zero-order valence-corrected chi connectivity index (χ0v) is 14.3. The lowest BCUT2D eigenvalue weighted by atomic mass is 9.91. The zero-order valence-electron chi connectivity index (χ0n) is 13.5. The highest BCUT2D eigenvalue weighted by molar-refractivity contribution is 7.89. The van der Waals surface area contributed by atoms with E-state index in [2.05, 4.69) is 0 Å². The lowest BCUT2D eigenvalue weighted by Crippen LogP contribution is -2.15. The van der Waals surface area contributed by atoms with E-state index in [-0.39, 0.29) is 16.2 Å². The van der Waals surface area contributed by atoms with Crippen molar-refractivity contribution in [1.82, 2.24) is 0 Å². The molecule has 0 radical (unpaired) electrons. The van der Waals surface area contributed by atoms with Gasteiger partial charge < -0.3 is 0 Å². The number of hydrogen-bond donors (Lipinski definition) is 1. The van der Waals surface area contributed by atoms with Gasteiger partial charge in [-0.3, -0.25) is 0 Å². The number of fused-ring (bicyclic) bond motifs is 1. The van der Waals surface area contributed by atoms with Gasteiger partial charge >= 0.3 is 0 Å². The molecular formula is C19H18FNO2S. The number of benzene rings is 3. The second-order valence-electron chi connectivity index (χ2n) is 6.07. The second-order valence-corrected chi connectivity index (χ2v) is 7.57. The Labute approximate surface area is 141 Å². The summed E-state index contributed by atoms with van der Waals surface area (Å²) in [4.78, 5) is -0.0346. The van der Waals surface area contributed by atoms with Gasteiger partial charge in [-0.25, -0.2) is 17.9 Å². The van der Waals surface area contributed by atoms with Crippen molar-refractivity contribution in [3.63, 3.8) is 0 Å². The van der Waals surface area contributed by atoms with Gasteiger partial charge in [0.1, 0.15) is 5.82 Å². The van der Waals surface area contributed by atoms with Crippen LogP contribution < -0.4 is 5.14 Å². The first-order valence-electron chi connectivity index (χ1n) is 7.64. The lowest BCUT2D eigenvalue weighted by molar-refractivity contribution is 0.598. The Balaban J connectivity index is 2.51. The quantitative estimate of drug-likeness (QED) is 0.765. The first-order chi connectivity index (χ1) is 11.3. The fraction of sp³-hybridized carbons (Fsp3) is 0.158. The molecule has 124 valence electrons. The standard InChI is InChI=1S/C19H18FNO2S/c1-12(2)13-7-3-4-8-14(13)17-11-18(20)15-9-5-6-10-16(15)19(17)24(21,22)23/h3-12H,1-2H3,(H2,21,22,23). The van der Waals surface area contributed by atoms with Crippen LogP contribution in [0, 0.1) is 5.82 Å². The summed E-state index contributed by atoms with van der Waals surface area (Å²) in [5.41, 5.74) is 1.93. The molecule has 0 heterocycles. The predicted molar refractivity (Wildman–Crippen MR) is 94.8 cm³/mol. The van der Waals surface area contributed by atoms with Crippen molar-refractivity contribution >= 4 is 20.8 Å². The number of halogens is 1. The molecule has 24 heavy (non-hydrogen) atoms. The first kappa shape index (κ1) is 16.6. The van der Waals surface area contributed by atoms with E-state index in [0.717, 1.165) is 5.56 Å². The molecule has 0 saturated heterocycles. The summed E-state index contributed by atoms with van der Waals surface area (Å²) in [5.74, 6) is -0.310. The van der Waals surface area contributed by atoms with Gasteiger partial charge in [0.05, 0.1) is 4.90 Å². The number of sulfonamides is 1. The molecule has 0 aliphatic carbocycles. The smallest absolute Gasteiger partial charge is 0.225 e. The summed E-state index contributed by atoms with van der Waals surface area (Å²) in [6.07, 6.45) is 0. The van der Waals surface area contributed by atoms with Gasteiger partial charge in [-0.05, 0) is 23.1 Å². The van der Waals surface area contributed by atoms with Crippen LogP contribution in [0.15, 0.2) is 59.5 Å². The molecule has 5 heteroatoms. The fourth-order valence-corrected chi connectivity index (χ4v) is 4.02. The molecule has 0 aromatic heterocycles. The Kier molecular flexibility index (Phi) is 4.15. The summed E-state index contributed by atoms with van der Waals surface area (Å²) < 4.78 is 39.2. The third kappa shape index (κ3) is 2.81. The summed E-state index contributed by atoms with van der Waals surface area (Å²) in [6.45, 7) is 4.01. The van der Waals surface area contributed by atoms with Gasteiger partial charge in [0.2, 0.25) is 10.0 Å². The number of primary sulfonamides is 1. The van der Waals surface area contributed by atoms with E-state index >= 15 is 0 Å². The van der Waals surface area contributed by atoms with Gasteiger partial charge in [0, 0.05) is 16.3 Å². The van der Waals surface area contributed by atoms with Crippen LogP contribution in [0.2, 0.25) is 0 Å². The van der Waals surface area contributed by atoms with Crippen LogP contribution in [0.4, 0.5) is 4.39 Å². The Bertz CT molecular complexity index is 1030. The van der Waals surface area contributed by atoms with Crippen molar-refractivity contribution in [1.29, 1.82) is 0 Å². The van der Waals surface area contributed by atoms with E-state index in [1.54, 1.807) is 36.4 Å². The molecule has 0 saturated carbocycles. The molecule has 0 atom stereocenters. The molecule has 3 aromatic carbocycles. The normalized spacial score (nSPS) is 12.0. The maximum Gasteiger partial charge on any atom is 0.239 e. The van der Waals surface area contributed by atoms with Crippen molar-refractivity contribution in [2.45, 2.75) is 24.7 Å². The van der Waals surface area contributed by atoms with Crippen LogP contribution in [0.3, 0.4) is 0 Å². The van der Waals surface area contributed by atoms with E-state index < -0.39 is 15.8 Å². The molecule has 0 spiro atoms. The molecule has 3 aromatic rings.